The van der Waals surface area contributed by atoms with Crippen molar-refractivity contribution >= 4 is 21.4 Å². The van der Waals surface area contributed by atoms with Gasteiger partial charge in [-0.05, 0) is 37.6 Å². The van der Waals surface area contributed by atoms with E-state index < -0.39 is 10.0 Å². The average molecular weight is 340 g/mol. The molecule has 0 aliphatic carbocycles. The van der Waals surface area contributed by atoms with Gasteiger partial charge < -0.3 is 0 Å². The van der Waals surface area contributed by atoms with Crippen molar-refractivity contribution in [1.29, 1.82) is 0 Å². The highest BCUT2D eigenvalue weighted by molar-refractivity contribution is 7.89. The van der Waals surface area contributed by atoms with Crippen LogP contribution in [-0.2, 0) is 25.2 Å². The molecule has 0 atom stereocenters. The SMILES string of the molecule is CCOOCCN(C)S(=O)(=O)c1ccc2c(c1)C(C)(C)C(C)=N2. The normalized spacial score (nSPS) is 16.5. The van der Waals surface area contributed by atoms with Crippen molar-refractivity contribution in [3.63, 3.8) is 0 Å². The van der Waals surface area contributed by atoms with Crippen molar-refractivity contribution in [2.45, 2.75) is 38.0 Å². The number of nitrogens with zero attached hydrogens (tertiary/aromatic N) is 2. The Kier molecular flexibility index (Phi) is 5.25. The molecule has 0 fully saturated rings. The van der Waals surface area contributed by atoms with Crippen molar-refractivity contribution in [2.24, 2.45) is 4.99 Å². The smallest absolute Gasteiger partial charge is 0.242 e. The largest absolute Gasteiger partial charge is 0.257 e. The van der Waals surface area contributed by atoms with E-state index in [9.17, 15) is 8.42 Å². The van der Waals surface area contributed by atoms with Crippen LogP contribution in [0.5, 0.6) is 0 Å². The first-order chi connectivity index (χ1) is 10.7. The fourth-order valence-electron chi connectivity index (χ4n) is 2.40. The molecule has 7 heteroatoms. The molecule has 0 unspecified atom stereocenters. The molecule has 0 radical (unpaired) electrons. The van der Waals surface area contributed by atoms with E-state index in [1.165, 1.54) is 11.4 Å². The lowest BCUT2D eigenvalue weighted by Crippen LogP contribution is -2.30. The third kappa shape index (κ3) is 3.47. The van der Waals surface area contributed by atoms with Crippen molar-refractivity contribution in [3.05, 3.63) is 23.8 Å². The van der Waals surface area contributed by atoms with Crippen LogP contribution in [0.3, 0.4) is 0 Å². The third-order valence-corrected chi connectivity index (χ3v) is 6.09. The van der Waals surface area contributed by atoms with Crippen LogP contribution in [0.1, 0.15) is 33.3 Å². The van der Waals surface area contributed by atoms with Crippen molar-refractivity contribution < 1.29 is 18.2 Å². The molecule has 1 aliphatic rings. The Balaban J connectivity index is 2.21. The molecule has 1 aromatic carbocycles. The highest BCUT2D eigenvalue weighted by atomic mass is 32.2. The average Bonchev–Trinajstić information content (AvgIpc) is 2.73. The number of fused-ring (bicyclic) bond motifs is 1. The van der Waals surface area contributed by atoms with Crippen LogP contribution >= 0.6 is 0 Å². The Labute approximate surface area is 138 Å². The molecule has 0 saturated carbocycles. The summed E-state index contributed by atoms with van der Waals surface area (Å²) in [6.45, 7) is 8.69. The van der Waals surface area contributed by atoms with Gasteiger partial charge in [0.15, 0.2) is 0 Å². The molecule has 1 aliphatic heterocycles. The Bertz CT molecular complexity index is 711. The lowest BCUT2D eigenvalue weighted by atomic mass is 9.82. The summed E-state index contributed by atoms with van der Waals surface area (Å²) in [5.41, 5.74) is 2.52. The maximum atomic E-state index is 12.7. The maximum Gasteiger partial charge on any atom is 0.242 e. The lowest BCUT2D eigenvalue weighted by molar-refractivity contribution is -0.290. The molecule has 1 aromatic rings. The predicted molar refractivity (Wildman–Crippen MR) is 89.6 cm³/mol. The summed E-state index contributed by atoms with van der Waals surface area (Å²) in [6.07, 6.45) is 0. The summed E-state index contributed by atoms with van der Waals surface area (Å²) in [5.74, 6) is 0. The summed E-state index contributed by atoms with van der Waals surface area (Å²) in [5, 5.41) is 0. The zero-order chi connectivity index (χ0) is 17.3. The number of benzene rings is 1. The number of aliphatic imine (C=N–C) groups is 1. The summed E-state index contributed by atoms with van der Waals surface area (Å²) >= 11 is 0. The lowest BCUT2D eigenvalue weighted by Gasteiger charge is -2.22. The van der Waals surface area contributed by atoms with Gasteiger partial charge in [-0.3, -0.25) is 4.99 Å². The number of hydrogen-bond acceptors (Lipinski definition) is 5. The van der Waals surface area contributed by atoms with Crippen molar-refractivity contribution in [3.8, 4) is 0 Å². The summed E-state index contributed by atoms with van der Waals surface area (Å²) in [6, 6.07) is 5.10. The molecule has 1 heterocycles. The number of rotatable bonds is 7. The van der Waals surface area contributed by atoms with Gasteiger partial charge in [0.1, 0.15) is 0 Å². The van der Waals surface area contributed by atoms with Crippen LogP contribution in [0.25, 0.3) is 0 Å². The molecule has 23 heavy (non-hydrogen) atoms. The van der Waals surface area contributed by atoms with E-state index in [1.807, 2.05) is 20.8 Å². The molecule has 0 bridgehead atoms. The molecule has 0 saturated heterocycles. The van der Waals surface area contributed by atoms with Gasteiger partial charge in [-0.1, -0.05) is 13.8 Å². The molecule has 6 nitrogen and oxygen atoms in total. The number of hydrogen-bond donors (Lipinski definition) is 0. The second-order valence-corrected chi connectivity index (χ2v) is 8.10. The van der Waals surface area contributed by atoms with Gasteiger partial charge in [0.2, 0.25) is 10.0 Å². The minimum atomic E-state index is -3.57. The molecular weight excluding hydrogens is 316 g/mol. The standard InChI is InChI=1S/C16H24N2O4S/c1-6-21-22-10-9-18(5)23(19,20)13-7-8-15-14(11-13)16(3,4)12(2)17-15/h7-8,11H,6,9-10H2,1-5H3. The molecule has 0 amide bonds. The Morgan fingerprint density at radius 2 is 1.96 bits per heavy atom. The van der Waals surface area contributed by atoms with Crippen LogP contribution < -0.4 is 0 Å². The van der Waals surface area contributed by atoms with Crippen molar-refractivity contribution in [1.82, 2.24) is 4.31 Å². The van der Waals surface area contributed by atoms with E-state index >= 15 is 0 Å². The van der Waals surface area contributed by atoms with E-state index in [0.717, 1.165) is 17.0 Å². The summed E-state index contributed by atoms with van der Waals surface area (Å²) < 4.78 is 26.6. The quantitative estimate of drug-likeness (QED) is 0.435. The monoisotopic (exact) mass is 340 g/mol. The van der Waals surface area contributed by atoms with Gasteiger partial charge in [-0.25, -0.2) is 18.2 Å². The van der Waals surface area contributed by atoms with Crippen molar-refractivity contribution in [2.75, 3.05) is 26.8 Å². The van der Waals surface area contributed by atoms with Gasteiger partial charge in [0.05, 0.1) is 23.8 Å². The number of likely N-dealkylation sites (N-methyl/N-ethyl adjacent to an activating group) is 1. The van der Waals surface area contributed by atoms with Gasteiger partial charge in [-0.2, -0.15) is 4.31 Å². The molecule has 0 N–H and O–H groups in total. The first-order valence-electron chi connectivity index (χ1n) is 7.62. The second kappa shape index (κ2) is 6.68. The first kappa shape index (κ1) is 18.1. The highest BCUT2D eigenvalue weighted by Gasteiger charge is 2.34. The summed E-state index contributed by atoms with van der Waals surface area (Å²) in [4.78, 5) is 14.4. The van der Waals surface area contributed by atoms with E-state index in [1.54, 1.807) is 25.1 Å². The molecule has 0 aromatic heterocycles. The van der Waals surface area contributed by atoms with Crippen LogP contribution in [-0.4, -0.2) is 45.2 Å². The fourth-order valence-corrected chi connectivity index (χ4v) is 3.58. The molecule has 2 rings (SSSR count). The molecule has 0 spiro atoms. The Morgan fingerprint density at radius 1 is 1.26 bits per heavy atom. The van der Waals surface area contributed by atoms with E-state index in [4.69, 9.17) is 9.78 Å². The van der Waals surface area contributed by atoms with Crippen LogP contribution in [0, 0.1) is 0 Å². The maximum absolute atomic E-state index is 12.7. The predicted octanol–water partition coefficient (Wildman–Crippen LogP) is 2.66. The van der Waals surface area contributed by atoms with E-state index in [0.29, 0.717) is 6.61 Å². The zero-order valence-corrected chi connectivity index (χ0v) is 15.1. The third-order valence-electron chi connectivity index (χ3n) is 4.23. The first-order valence-corrected chi connectivity index (χ1v) is 9.06. The second-order valence-electron chi connectivity index (χ2n) is 6.06. The zero-order valence-electron chi connectivity index (χ0n) is 14.3. The van der Waals surface area contributed by atoms with Gasteiger partial charge >= 0.3 is 0 Å². The van der Waals surface area contributed by atoms with Gasteiger partial charge in [-0.15, -0.1) is 0 Å². The van der Waals surface area contributed by atoms with E-state index in [-0.39, 0.29) is 23.5 Å². The molecule has 128 valence electrons. The fraction of sp³-hybridized carbons (Fsp3) is 0.562. The van der Waals surface area contributed by atoms with Crippen LogP contribution in [0.2, 0.25) is 0 Å². The van der Waals surface area contributed by atoms with Gasteiger partial charge in [0, 0.05) is 24.7 Å². The highest BCUT2D eigenvalue weighted by Crippen LogP contribution is 2.41. The molecular formula is C16H24N2O4S. The Hall–Kier alpha value is -1.28. The minimum absolute atomic E-state index is 0.183. The Morgan fingerprint density at radius 3 is 2.61 bits per heavy atom. The van der Waals surface area contributed by atoms with Gasteiger partial charge in [0.25, 0.3) is 0 Å². The van der Waals surface area contributed by atoms with Crippen LogP contribution in [0.15, 0.2) is 28.1 Å². The van der Waals surface area contributed by atoms with Crippen LogP contribution in [0.4, 0.5) is 5.69 Å². The van der Waals surface area contributed by atoms with E-state index in [2.05, 4.69) is 4.99 Å². The minimum Gasteiger partial charge on any atom is -0.257 e. The topological polar surface area (TPSA) is 68.2 Å². The summed E-state index contributed by atoms with van der Waals surface area (Å²) in [7, 11) is -2.04. The number of sulfonamides is 1.